The first kappa shape index (κ1) is 15.8. The van der Waals surface area contributed by atoms with Crippen molar-refractivity contribution in [3.63, 3.8) is 0 Å². The number of nitrogens with one attached hydrogen (secondary N) is 2. The first-order chi connectivity index (χ1) is 8.99. The lowest BCUT2D eigenvalue weighted by Gasteiger charge is -2.23. The van der Waals surface area contributed by atoms with Crippen molar-refractivity contribution in [2.75, 3.05) is 6.54 Å². The Hall–Kier alpha value is -1.26. The Labute approximate surface area is 115 Å². The van der Waals surface area contributed by atoms with Gasteiger partial charge in [0, 0.05) is 12.6 Å². The van der Waals surface area contributed by atoms with E-state index in [2.05, 4.69) is 10.6 Å². The molecule has 3 N–H and O–H groups in total. The summed E-state index contributed by atoms with van der Waals surface area (Å²) in [6.45, 7) is 4.17. The summed E-state index contributed by atoms with van der Waals surface area (Å²) < 4.78 is 0. The smallest absolute Gasteiger partial charge is 0.315 e. The highest BCUT2D eigenvalue weighted by molar-refractivity contribution is 5.76. The van der Waals surface area contributed by atoms with Crippen molar-refractivity contribution in [3.8, 4) is 0 Å². The lowest BCUT2D eigenvalue weighted by atomic mass is 9.95. The van der Waals surface area contributed by atoms with Crippen molar-refractivity contribution in [1.82, 2.24) is 10.6 Å². The lowest BCUT2D eigenvalue weighted by Crippen LogP contribution is -2.45. The molecule has 19 heavy (non-hydrogen) atoms. The summed E-state index contributed by atoms with van der Waals surface area (Å²) in [5.74, 6) is -1.03. The highest BCUT2D eigenvalue weighted by Gasteiger charge is 2.21. The molecule has 5 heteroatoms. The number of hydrogen-bond donors (Lipinski definition) is 3. The molecule has 0 radical (unpaired) electrons. The Bertz CT molecular complexity index is 299. The molecule has 0 heterocycles. The zero-order valence-corrected chi connectivity index (χ0v) is 11.9. The number of carbonyl (C=O) groups is 2. The molecule has 5 nitrogen and oxygen atoms in total. The van der Waals surface area contributed by atoms with Crippen LogP contribution >= 0.6 is 0 Å². The van der Waals surface area contributed by atoms with Gasteiger partial charge in [-0.2, -0.15) is 0 Å². The van der Waals surface area contributed by atoms with E-state index in [0.717, 1.165) is 25.7 Å². The van der Waals surface area contributed by atoms with Gasteiger partial charge in [-0.15, -0.1) is 0 Å². The van der Waals surface area contributed by atoms with Gasteiger partial charge in [-0.25, -0.2) is 4.79 Å². The normalized spacial score (nSPS) is 18.1. The maximum atomic E-state index is 11.7. The van der Waals surface area contributed by atoms with Crippen LogP contribution < -0.4 is 10.6 Å². The monoisotopic (exact) mass is 270 g/mol. The van der Waals surface area contributed by atoms with Gasteiger partial charge in [0.05, 0.1) is 5.92 Å². The summed E-state index contributed by atoms with van der Waals surface area (Å²) in [4.78, 5) is 22.8. The molecule has 0 bridgehead atoms. The minimum atomic E-state index is -0.841. The van der Waals surface area contributed by atoms with Gasteiger partial charge < -0.3 is 15.7 Å². The van der Waals surface area contributed by atoms with E-state index in [4.69, 9.17) is 5.11 Å². The predicted octanol–water partition coefficient (Wildman–Crippen LogP) is 2.37. The van der Waals surface area contributed by atoms with Crippen LogP contribution in [0.15, 0.2) is 0 Å². The van der Waals surface area contributed by atoms with Crippen molar-refractivity contribution in [3.05, 3.63) is 0 Å². The summed E-state index contributed by atoms with van der Waals surface area (Å²) in [5, 5.41) is 14.7. The average molecular weight is 270 g/mol. The quantitative estimate of drug-likeness (QED) is 0.693. The molecule has 2 amide bonds. The third-order valence-electron chi connectivity index (χ3n) is 3.55. The van der Waals surface area contributed by atoms with E-state index in [1.54, 1.807) is 0 Å². The highest BCUT2D eigenvalue weighted by Crippen LogP contribution is 2.17. The predicted molar refractivity (Wildman–Crippen MR) is 74.0 cm³/mol. The second-order valence-electron chi connectivity index (χ2n) is 5.85. The second kappa shape index (κ2) is 8.02. The molecule has 1 aliphatic carbocycles. The van der Waals surface area contributed by atoms with E-state index >= 15 is 0 Å². The van der Waals surface area contributed by atoms with Gasteiger partial charge in [-0.3, -0.25) is 4.79 Å². The average Bonchev–Trinajstić information content (AvgIpc) is 2.35. The van der Waals surface area contributed by atoms with Crippen molar-refractivity contribution in [1.29, 1.82) is 0 Å². The number of urea groups is 1. The summed E-state index contributed by atoms with van der Waals surface area (Å²) in [5.41, 5.74) is 0. The van der Waals surface area contributed by atoms with Crippen LogP contribution in [0.4, 0.5) is 4.79 Å². The molecular formula is C14H26N2O3. The molecule has 110 valence electrons. The minimum absolute atomic E-state index is 0.200. The van der Waals surface area contributed by atoms with Crippen LogP contribution in [0.5, 0.6) is 0 Å². The summed E-state index contributed by atoms with van der Waals surface area (Å²) in [6, 6.07) is 0.0176. The van der Waals surface area contributed by atoms with Gasteiger partial charge in [-0.05, 0) is 25.2 Å². The van der Waals surface area contributed by atoms with E-state index in [1.165, 1.54) is 6.42 Å². The lowest BCUT2D eigenvalue weighted by molar-refractivity contribution is -0.142. The van der Waals surface area contributed by atoms with Crippen LogP contribution in [0.25, 0.3) is 0 Å². The first-order valence-corrected chi connectivity index (χ1v) is 7.26. The van der Waals surface area contributed by atoms with Gasteiger partial charge in [0.2, 0.25) is 0 Å². The maximum Gasteiger partial charge on any atom is 0.315 e. The fourth-order valence-corrected chi connectivity index (χ4v) is 2.54. The largest absolute Gasteiger partial charge is 0.481 e. The zero-order valence-electron chi connectivity index (χ0n) is 11.9. The molecule has 0 spiro atoms. The highest BCUT2D eigenvalue weighted by atomic mass is 16.4. The van der Waals surface area contributed by atoms with Crippen molar-refractivity contribution in [2.45, 2.75) is 58.4 Å². The van der Waals surface area contributed by atoms with E-state index in [0.29, 0.717) is 12.3 Å². The van der Waals surface area contributed by atoms with Crippen LogP contribution in [0.1, 0.15) is 52.4 Å². The molecule has 0 aromatic rings. The molecule has 0 aromatic carbocycles. The number of carbonyl (C=O) groups excluding carboxylic acids is 1. The fourth-order valence-electron chi connectivity index (χ4n) is 2.54. The number of aliphatic carboxylic acids is 1. The molecule has 0 saturated heterocycles. The summed E-state index contributed by atoms with van der Waals surface area (Å²) in [7, 11) is 0. The summed E-state index contributed by atoms with van der Waals surface area (Å²) >= 11 is 0. The molecule has 0 aromatic heterocycles. The fraction of sp³-hybridized carbons (Fsp3) is 0.857. The maximum absolute atomic E-state index is 11.7. The zero-order chi connectivity index (χ0) is 14.3. The molecule has 1 unspecified atom stereocenters. The number of carboxylic acid groups (broad SMARTS) is 1. The van der Waals surface area contributed by atoms with Crippen LogP contribution in [-0.2, 0) is 4.79 Å². The van der Waals surface area contributed by atoms with Gasteiger partial charge in [0.15, 0.2) is 0 Å². The van der Waals surface area contributed by atoms with Gasteiger partial charge >= 0.3 is 12.0 Å². The number of carboxylic acids is 1. The van der Waals surface area contributed by atoms with Crippen LogP contribution in [0, 0.1) is 11.8 Å². The van der Waals surface area contributed by atoms with E-state index in [9.17, 15) is 9.59 Å². The van der Waals surface area contributed by atoms with Crippen LogP contribution in [0.2, 0.25) is 0 Å². The van der Waals surface area contributed by atoms with E-state index in [-0.39, 0.29) is 18.6 Å². The Kier molecular flexibility index (Phi) is 6.67. The van der Waals surface area contributed by atoms with Gasteiger partial charge in [-0.1, -0.05) is 33.1 Å². The SMILES string of the molecule is CC(C)CC(CNC(=O)NC1CCCCC1)C(=O)O. The molecular weight excluding hydrogens is 244 g/mol. The van der Waals surface area contributed by atoms with Gasteiger partial charge in [0.1, 0.15) is 0 Å². The molecule has 0 aliphatic heterocycles. The number of amides is 2. The Balaban J connectivity index is 2.28. The molecule has 1 saturated carbocycles. The molecule has 1 rings (SSSR count). The topological polar surface area (TPSA) is 78.4 Å². The molecule has 1 fully saturated rings. The van der Waals surface area contributed by atoms with Crippen LogP contribution in [-0.4, -0.2) is 29.7 Å². The standard InChI is InChI=1S/C14H26N2O3/c1-10(2)8-11(13(17)18)9-15-14(19)16-12-6-4-3-5-7-12/h10-12H,3-9H2,1-2H3,(H,17,18)(H2,15,16,19). The second-order valence-corrected chi connectivity index (χ2v) is 5.85. The Morgan fingerprint density at radius 3 is 2.37 bits per heavy atom. The third kappa shape index (κ3) is 6.45. The first-order valence-electron chi connectivity index (χ1n) is 7.26. The van der Waals surface area contributed by atoms with Crippen molar-refractivity contribution < 1.29 is 14.7 Å². The van der Waals surface area contributed by atoms with Crippen molar-refractivity contribution in [2.24, 2.45) is 11.8 Å². The third-order valence-corrected chi connectivity index (χ3v) is 3.55. The summed E-state index contributed by atoms with van der Waals surface area (Å²) in [6.07, 6.45) is 6.21. The van der Waals surface area contributed by atoms with E-state index < -0.39 is 11.9 Å². The number of rotatable bonds is 6. The van der Waals surface area contributed by atoms with E-state index in [1.807, 2.05) is 13.8 Å². The van der Waals surface area contributed by atoms with Crippen LogP contribution in [0.3, 0.4) is 0 Å². The molecule has 1 atom stereocenters. The van der Waals surface area contributed by atoms with Gasteiger partial charge in [0.25, 0.3) is 0 Å². The number of hydrogen-bond acceptors (Lipinski definition) is 2. The Morgan fingerprint density at radius 2 is 1.84 bits per heavy atom. The minimum Gasteiger partial charge on any atom is -0.481 e. The molecule has 1 aliphatic rings. The van der Waals surface area contributed by atoms with Crippen molar-refractivity contribution >= 4 is 12.0 Å². The Morgan fingerprint density at radius 1 is 1.21 bits per heavy atom.